The number of nitrogens with one attached hydrogen (secondary N) is 2. The number of hydrogen-bond acceptors (Lipinski definition) is 2. The van der Waals surface area contributed by atoms with Gasteiger partial charge in [0.1, 0.15) is 0 Å². The molecule has 3 heteroatoms. The lowest BCUT2D eigenvalue weighted by atomic mass is 10.0. The molecule has 0 radical (unpaired) electrons. The summed E-state index contributed by atoms with van der Waals surface area (Å²) in [7, 11) is 0. The standard InChI is InChI=1S/C17H28N2O/c1-5-10-13(3)18-17(20)14(4)19-16(6-2)15-11-8-7-9-12-15/h7-9,11-14,16,19H,5-6,10H2,1-4H3,(H,18,20). The summed E-state index contributed by atoms with van der Waals surface area (Å²) >= 11 is 0. The van der Waals surface area contributed by atoms with Gasteiger partial charge in [-0.3, -0.25) is 10.1 Å². The van der Waals surface area contributed by atoms with Crippen LogP contribution in [0.25, 0.3) is 0 Å². The third-order valence-electron chi connectivity index (χ3n) is 3.57. The van der Waals surface area contributed by atoms with Crippen molar-refractivity contribution in [1.82, 2.24) is 10.6 Å². The van der Waals surface area contributed by atoms with Crippen LogP contribution in [0.15, 0.2) is 30.3 Å². The first-order valence-corrected chi connectivity index (χ1v) is 7.69. The van der Waals surface area contributed by atoms with Gasteiger partial charge in [-0.2, -0.15) is 0 Å². The predicted molar refractivity (Wildman–Crippen MR) is 84.6 cm³/mol. The average molecular weight is 276 g/mol. The van der Waals surface area contributed by atoms with Crippen LogP contribution in [0.3, 0.4) is 0 Å². The van der Waals surface area contributed by atoms with Crippen molar-refractivity contribution in [3.05, 3.63) is 35.9 Å². The highest BCUT2D eigenvalue weighted by Gasteiger charge is 2.18. The molecule has 0 saturated carbocycles. The quantitative estimate of drug-likeness (QED) is 0.764. The Kier molecular flexibility index (Phi) is 7.31. The molecule has 0 fully saturated rings. The van der Waals surface area contributed by atoms with E-state index in [4.69, 9.17) is 0 Å². The molecule has 20 heavy (non-hydrogen) atoms. The highest BCUT2D eigenvalue weighted by molar-refractivity contribution is 5.81. The maximum atomic E-state index is 12.1. The third kappa shape index (κ3) is 5.33. The molecule has 1 amide bonds. The number of benzene rings is 1. The zero-order valence-corrected chi connectivity index (χ0v) is 13.1. The largest absolute Gasteiger partial charge is 0.352 e. The normalized spacial score (nSPS) is 15.4. The SMILES string of the molecule is CCCC(C)NC(=O)C(C)NC(CC)c1ccccc1. The van der Waals surface area contributed by atoms with E-state index in [0.717, 1.165) is 19.3 Å². The van der Waals surface area contributed by atoms with E-state index in [1.807, 2.05) is 25.1 Å². The van der Waals surface area contributed by atoms with E-state index in [0.29, 0.717) is 0 Å². The lowest BCUT2D eigenvalue weighted by Gasteiger charge is -2.23. The van der Waals surface area contributed by atoms with Gasteiger partial charge in [0.2, 0.25) is 5.91 Å². The van der Waals surface area contributed by atoms with E-state index >= 15 is 0 Å². The minimum absolute atomic E-state index is 0.0836. The molecule has 1 aromatic rings. The van der Waals surface area contributed by atoms with Crippen molar-refractivity contribution < 1.29 is 4.79 Å². The van der Waals surface area contributed by atoms with Crippen LogP contribution in [-0.4, -0.2) is 18.0 Å². The summed E-state index contributed by atoms with van der Waals surface area (Å²) in [6.07, 6.45) is 3.07. The van der Waals surface area contributed by atoms with Crippen LogP contribution in [-0.2, 0) is 4.79 Å². The first kappa shape index (κ1) is 16.7. The molecule has 0 spiro atoms. The van der Waals surface area contributed by atoms with Crippen molar-refractivity contribution in [2.75, 3.05) is 0 Å². The Bertz CT molecular complexity index is 391. The molecule has 1 rings (SSSR count). The summed E-state index contributed by atoms with van der Waals surface area (Å²) in [5.41, 5.74) is 1.23. The lowest BCUT2D eigenvalue weighted by Crippen LogP contribution is -2.46. The van der Waals surface area contributed by atoms with Crippen molar-refractivity contribution in [3.8, 4) is 0 Å². The van der Waals surface area contributed by atoms with Crippen LogP contribution in [0.4, 0.5) is 0 Å². The second-order valence-electron chi connectivity index (χ2n) is 5.46. The molecule has 3 unspecified atom stereocenters. The second kappa shape index (κ2) is 8.75. The van der Waals surface area contributed by atoms with E-state index in [1.54, 1.807) is 0 Å². The Hall–Kier alpha value is -1.35. The molecule has 112 valence electrons. The minimum atomic E-state index is -0.181. The first-order chi connectivity index (χ1) is 9.58. The minimum Gasteiger partial charge on any atom is -0.352 e. The van der Waals surface area contributed by atoms with Crippen LogP contribution < -0.4 is 10.6 Å². The fourth-order valence-electron chi connectivity index (χ4n) is 2.39. The monoisotopic (exact) mass is 276 g/mol. The molecule has 3 atom stereocenters. The Morgan fingerprint density at radius 1 is 1.15 bits per heavy atom. The zero-order valence-electron chi connectivity index (χ0n) is 13.1. The molecule has 0 aliphatic heterocycles. The van der Waals surface area contributed by atoms with Gasteiger partial charge in [0.05, 0.1) is 6.04 Å². The van der Waals surface area contributed by atoms with Gasteiger partial charge in [-0.25, -0.2) is 0 Å². The Balaban J connectivity index is 2.55. The van der Waals surface area contributed by atoms with Crippen LogP contribution in [0.5, 0.6) is 0 Å². The van der Waals surface area contributed by atoms with Crippen LogP contribution in [0.2, 0.25) is 0 Å². The fourth-order valence-corrected chi connectivity index (χ4v) is 2.39. The summed E-state index contributed by atoms with van der Waals surface area (Å²) in [6, 6.07) is 10.6. The van der Waals surface area contributed by atoms with Gasteiger partial charge in [0, 0.05) is 12.1 Å². The van der Waals surface area contributed by atoms with Crippen LogP contribution in [0.1, 0.15) is 58.6 Å². The van der Waals surface area contributed by atoms with Crippen molar-refractivity contribution in [2.24, 2.45) is 0 Å². The number of amides is 1. The Labute approximate surface area is 123 Å². The van der Waals surface area contributed by atoms with Gasteiger partial charge in [-0.05, 0) is 32.3 Å². The van der Waals surface area contributed by atoms with Gasteiger partial charge in [-0.1, -0.05) is 50.6 Å². The third-order valence-corrected chi connectivity index (χ3v) is 3.57. The molecule has 0 saturated heterocycles. The highest BCUT2D eigenvalue weighted by Crippen LogP contribution is 2.16. The van der Waals surface area contributed by atoms with Crippen molar-refractivity contribution in [1.29, 1.82) is 0 Å². The number of carbonyl (C=O) groups excluding carboxylic acids is 1. The van der Waals surface area contributed by atoms with Crippen LogP contribution in [0, 0.1) is 0 Å². The van der Waals surface area contributed by atoms with E-state index in [-0.39, 0.29) is 24.0 Å². The van der Waals surface area contributed by atoms with Crippen LogP contribution >= 0.6 is 0 Å². The summed E-state index contributed by atoms with van der Waals surface area (Å²) in [6.45, 7) is 8.25. The first-order valence-electron chi connectivity index (χ1n) is 7.69. The highest BCUT2D eigenvalue weighted by atomic mass is 16.2. The molecule has 0 heterocycles. The summed E-state index contributed by atoms with van der Waals surface area (Å²) in [5, 5.41) is 6.48. The van der Waals surface area contributed by atoms with E-state index in [1.165, 1.54) is 5.56 Å². The number of rotatable bonds is 8. The van der Waals surface area contributed by atoms with E-state index < -0.39 is 0 Å². The molecular weight excluding hydrogens is 248 g/mol. The number of carbonyl (C=O) groups is 1. The fraction of sp³-hybridized carbons (Fsp3) is 0.588. The number of hydrogen-bond donors (Lipinski definition) is 2. The van der Waals surface area contributed by atoms with Gasteiger partial charge in [0.15, 0.2) is 0 Å². The van der Waals surface area contributed by atoms with Crippen molar-refractivity contribution >= 4 is 5.91 Å². The maximum Gasteiger partial charge on any atom is 0.237 e. The molecule has 0 aromatic heterocycles. The lowest BCUT2D eigenvalue weighted by molar-refractivity contribution is -0.123. The molecule has 0 aliphatic rings. The molecule has 3 nitrogen and oxygen atoms in total. The molecule has 0 bridgehead atoms. The van der Waals surface area contributed by atoms with E-state index in [9.17, 15) is 4.79 Å². The summed E-state index contributed by atoms with van der Waals surface area (Å²) in [5.74, 6) is 0.0836. The molecule has 2 N–H and O–H groups in total. The second-order valence-corrected chi connectivity index (χ2v) is 5.46. The van der Waals surface area contributed by atoms with Crippen molar-refractivity contribution in [3.63, 3.8) is 0 Å². The summed E-state index contributed by atoms with van der Waals surface area (Å²) < 4.78 is 0. The molecule has 1 aromatic carbocycles. The zero-order chi connectivity index (χ0) is 15.0. The van der Waals surface area contributed by atoms with E-state index in [2.05, 4.69) is 43.5 Å². The van der Waals surface area contributed by atoms with Gasteiger partial charge in [0.25, 0.3) is 0 Å². The topological polar surface area (TPSA) is 41.1 Å². The Morgan fingerprint density at radius 3 is 2.35 bits per heavy atom. The predicted octanol–water partition coefficient (Wildman–Crippen LogP) is 3.42. The van der Waals surface area contributed by atoms with Gasteiger partial charge >= 0.3 is 0 Å². The molecule has 0 aliphatic carbocycles. The summed E-state index contributed by atoms with van der Waals surface area (Å²) in [4.78, 5) is 12.1. The smallest absolute Gasteiger partial charge is 0.237 e. The molecular formula is C17H28N2O. The van der Waals surface area contributed by atoms with Gasteiger partial charge < -0.3 is 5.32 Å². The Morgan fingerprint density at radius 2 is 1.80 bits per heavy atom. The maximum absolute atomic E-state index is 12.1. The van der Waals surface area contributed by atoms with Crippen molar-refractivity contribution in [2.45, 2.75) is 65.1 Å². The van der Waals surface area contributed by atoms with Gasteiger partial charge in [-0.15, -0.1) is 0 Å². The average Bonchev–Trinajstić information content (AvgIpc) is 2.45.